The number of amides is 1. The van der Waals surface area contributed by atoms with Crippen LogP contribution in [0, 0.1) is 0 Å². The van der Waals surface area contributed by atoms with Crippen molar-refractivity contribution in [1.82, 2.24) is 10.3 Å². The molecule has 0 unspecified atom stereocenters. The van der Waals surface area contributed by atoms with Gasteiger partial charge in [0.2, 0.25) is 0 Å². The van der Waals surface area contributed by atoms with E-state index in [1.54, 1.807) is 19.2 Å². The van der Waals surface area contributed by atoms with Gasteiger partial charge in [-0.2, -0.15) is 0 Å². The molecule has 108 valence electrons. The molecule has 0 aliphatic carbocycles. The molecule has 20 heavy (non-hydrogen) atoms. The lowest BCUT2D eigenvalue weighted by molar-refractivity contribution is 0.00578. The summed E-state index contributed by atoms with van der Waals surface area (Å²) in [6.07, 6.45) is 0. The SMILES string of the molecule is CNC(=O)c1ccc(B2OC(C)(C)C(C)(C)O2)c(N)n1. The number of anilines is 1. The molecule has 1 amide bonds. The Hall–Kier alpha value is -1.60. The van der Waals surface area contributed by atoms with E-state index in [-0.39, 0.29) is 17.4 Å². The van der Waals surface area contributed by atoms with E-state index >= 15 is 0 Å². The van der Waals surface area contributed by atoms with Gasteiger partial charge < -0.3 is 20.4 Å². The van der Waals surface area contributed by atoms with Crippen molar-refractivity contribution in [3.05, 3.63) is 17.8 Å². The number of rotatable bonds is 2. The predicted molar refractivity (Wildman–Crippen MR) is 77.8 cm³/mol. The van der Waals surface area contributed by atoms with E-state index < -0.39 is 18.3 Å². The van der Waals surface area contributed by atoms with Gasteiger partial charge in [0, 0.05) is 12.5 Å². The van der Waals surface area contributed by atoms with Crippen molar-refractivity contribution in [3.8, 4) is 0 Å². The molecule has 0 radical (unpaired) electrons. The number of hydrogen-bond acceptors (Lipinski definition) is 5. The molecule has 1 aromatic heterocycles. The third-order valence-corrected chi connectivity index (χ3v) is 3.92. The van der Waals surface area contributed by atoms with Crippen LogP contribution in [-0.4, -0.2) is 36.3 Å². The van der Waals surface area contributed by atoms with E-state index in [0.717, 1.165) is 0 Å². The average Bonchev–Trinajstić information content (AvgIpc) is 2.57. The first kappa shape index (κ1) is 14.8. The maximum Gasteiger partial charge on any atom is 0.498 e. The van der Waals surface area contributed by atoms with E-state index in [9.17, 15) is 4.79 Å². The molecule has 1 aliphatic heterocycles. The zero-order chi connectivity index (χ0) is 15.1. The van der Waals surface area contributed by atoms with Crippen LogP contribution in [0.5, 0.6) is 0 Å². The molecule has 0 atom stereocenters. The van der Waals surface area contributed by atoms with Gasteiger partial charge in [-0.05, 0) is 33.8 Å². The molecule has 0 saturated carbocycles. The number of nitrogens with two attached hydrogens (primary N) is 1. The van der Waals surface area contributed by atoms with Crippen molar-refractivity contribution in [2.24, 2.45) is 0 Å². The number of pyridine rings is 1. The van der Waals surface area contributed by atoms with Crippen molar-refractivity contribution < 1.29 is 14.1 Å². The Kier molecular flexibility index (Phi) is 3.52. The Morgan fingerprint density at radius 1 is 1.25 bits per heavy atom. The lowest BCUT2D eigenvalue weighted by Crippen LogP contribution is -2.41. The average molecular weight is 277 g/mol. The van der Waals surface area contributed by atoms with Crippen LogP contribution in [0.3, 0.4) is 0 Å². The summed E-state index contributed by atoms with van der Waals surface area (Å²) in [5.74, 6) is -0.0400. The van der Waals surface area contributed by atoms with E-state index in [1.165, 1.54) is 0 Å². The first-order valence-corrected chi connectivity index (χ1v) is 6.52. The lowest BCUT2D eigenvalue weighted by Gasteiger charge is -2.32. The molecule has 1 aliphatic rings. The standard InChI is InChI=1S/C13H20BN3O3/c1-12(2)13(3,4)20-14(19-12)8-6-7-9(11(18)16-5)17-10(8)15/h6-7H,1-5H3,(H2,15,17)(H,16,18). The molecule has 3 N–H and O–H groups in total. The van der Waals surface area contributed by atoms with Crippen LogP contribution < -0.4 is 16.5 Å². The van der Waals surface area contributed by atoms with E-state index in [0.29, 0.717) is 5.46 Å². The summed E-state index contributed by atoms with van der Waals surface area (Å²) < 4.78 is 11.8. The Morgan fingerprint density at radius 2 is 1.80 bits per heavy atom. The third kappa shape index (κ3) is 2.38. The van der Waals surface area contributed by atoms with Gasteiger partial charge in [-0.3, -0.25) is 4.79 Å². The molecular formula is C13H20BN3O3. The fourth-order valence-corrected chi connectivity index (χ4v) is 1.91. The van der Waals surface area contributed by atoms with Crippen LogP contribution in [0.1, 0.15) is 38.2 Å². The van der Waals surface area contributed by atoms with Gasteiger partial charge in [-0.15, -0.1) is 0 Å². The molecule has 1 aromatic rings. The second-order valence-corrected chi connectivity index (χ2v) is 5.84. The van der Waals surface area contributed by atoms with Crippen LogP contribution in [0.15, 0.2) is 12.1 Å². The molecule has 2 heterocycles. The van der Waals surface area contributed by atoms with Crippen molar-refractivity contribution in [1.29, 1.82) is 0 Å². The van der Waals surface area contributed by atoms with Gasteiger partial charge in [0.15, 0.2) is 0 Å². The second kappa shape index (κ2) is 4.75. The monoisotopic (exact) mass is 277 g/mol. The molecule has 7 heteroatoms. The molecule has 0 bridgehead atoms. The highest BCUT2D eigenvalue weighted by Crippen LogP contribution is 2.36. The van der Waals surface area contributed by atoms with Crippen molar-refractivity contribution in [2.75, 3.05) is 12.8 Å². The maximum atomic E-state index is 11.5. The van der Waals surface area contributed by atoms with Crippen molar-refractivity contribution in [2.45, 2.75) is 38.9 Å². The van der Waals surface area contributed by atoms with Crippen LogP contribution in [0.4, 0.5) is 5.82 Å². The van der Waals surface area contributed by atoms with Crippen molar-refractivity contribution >= 4 is 24.3 Å². The van der Waals surface area contributed by atoms with E-state index in [1.807, 2.05) is 27.7 Å². The topological polar surface area (TPSA) is 86.5 Å². The minimum Gasteiger partial charge on any atom is -0.399 e. The smallest absolute Gasteiger partial charge is 0.399 e. The number of aromatic nitrogens is 1. The summed E-state index contributed by atoms with van der Waals surface area (Å²) in [6, 6.07) is 3.32. The number of carbonyl (C=O) groups excluding carboxylic acids is 1. The van der Waals surface area contributed by atoms with Crippen LogP contribution in [0.2, 0.25) is 0 Å². The Morgan fingerprint density at radius 3 is 2.25 bits per heavy atom. The Balaban J connectivity index is 2.30. The van der Waals surface area contributed by atoms with Gasteiger partial charge in [0.1, 0.15) is 11.5 Å². The van der Waals surface area contributed by atoms with Crippen LogP contribution in [-0.2, 0) is 9.31 Å². The fourth-order valence-electron chi connectivity index (χ4n) is 1.91. The minimum atomic E-state index is -0.578. The highest BCUT2D eigenvalue weighted by Gasteiger charge is 2.52. The summed E-state index contributed by atoms with van der Waals surface area (Å²) in [4.78, 5) is 15.6. The largest absolute Gasteiger partial charge is 0.498 e. The number of nitrogens with zero attached hydrogens (tertiary/aromatic N) is 1. The first-order valence-electron chi connectivity index (χ1n) is 6.52. The van der Waals surface area contributed by atoms with Gasteiger partial charge >= 0.3 is 7.12 Å². The zero-order valence-corrected chi connectivity index (χ0v) is 12.5. The normalized spacial score (nSPS) is 19.9. The highest BCUT2D eigenvalue weighted by molar-refractivity contribution is 6.63. The summed E-state index contributed by atoms with van der Waals surface area (Å²) in [7, 11) is 0.966. The number of carbonyl (C=O) groups is 1. The summed E-state index contributed by atoms with van der Waals surface area (Å²) in [5, 5.41) is 2.50. The summed E-state index contributed by atoms with van der Waals surface area (Å²) in [5.41, 5.74) is 5.94. The van der Waals surface area contributed by atoms with E-state index in [4.69, 9.17) is 15.0 Å². The molecule has 1 fully saturated rings. The van der Waals surface area contributed by atoms with Crippen molar-refractivity contribution in [3.63, 3.8) is 0 Å². The van der Waals surface area contributed by atoms with E-state index in [2.05, 4.69) is 10.3 Å². The summed E-state index contributed by atoms with van der Waals surface area (Å²) >= 11 is 0. The number of nitrogens with one attached hydrogen (secondary N) is 1. The highest BCUT2D eigenvalue weighted by atomic mass is 16.7. The van der Waals surface area contributed by atoms with Crippen LogP contribution in [0.25, 0.3) is 0 Å². The number of nitrogen functional groups attached to an aromatic ring is 1. The third-order valence-electron chi connectivity index (χ3n) is 3.92. The number of hydrogen-bond donors (Lipinski definition) is 2. The van der Waals surface area contributed by atoms with Gasteiger partial charge in [-0.25, -0.2) is 4.98 Å². The molecule has 0 aromatic carbocycles. The molecule has 6 nitrogen and oxygen atoms in total. The predicted octanol–water partition coefficient (Wildman–Crippen LogP) is 0.323. The lowest BCUT2D eigenvalue weighted by atomic mass is 9.79. The summed E-state index contributed by atoms with van der Waals surface area (Å²) in [6.45, 7) is 7.87. The minimum absolute atomic E-state index is 0.240. The van der Waals surface area contributed by atoms with Gasteiger partial charge in [-0.1, -0.05) is 6.07 Å². The fraction of sp³-hybridized carbons (Fsp3) is 0.538. The molecule has 1 saturated heterocycles. The van der Waals surface area contributed by atoms with Gasteiger partial charge in [0.25, 0.3) is 5.91 Å². The van der Waals surface area contributed by atoms with Gasteiger partial charge in [0.05, 0.1) is 11.2 Å². The Bertz CT molecular complexity index is 530. The quantitative estimate of drug-likeness (QED) is 0.760. The molecular weight excluding hydrogens is 257 g/mol. The zero-order valence-electron chi connectivity index (χ0n) is 12.5. The second-order valence-electron chi connectivity index (χ2n) is 5.84. The maximum absolute atomic E-state index is 11.5. The Labute approximate surface area is 119 Å². The molecule has 0 spiro atoms. The molecule has 2 rings (SSSR count). The van der Waals surface area contributed by atoms with Crippen LogP contribution >= 0.6 is 0 Å². The first-order chi connectivity index (χ1) is 9.18.